The average Bonchev–Trinajstić information content (AvgIpc) is 2.62. The zero-order chi connectivity index (χ0) is 18.5. The van der Waals surface area contributed by atoms with Gasteiger partial charge in [-0.05, 0) is 31.2 Å². The lowest BCUT2D eigenvalue weighted by atomic mass is 10.1. The van der Waals surface area contributed by atoms with Crippen LogP contribution in [-0.2, 0) is 4.74 Å². The largest absolute Gasteiger partial charge is 0.383 e. The Morgan fingerprint density at radius 2 is 2.00 bits per heavy atom. The first kappa shape index (κ1) is 17.5. The van der Waals surface area contributed by atoms with Crippen molar-refractivity contribution in [3.8, 4) is 0 Å². The maximum Gasteiger partial charge on any atom is 0.353 e. The van der Waals surface area contributed by atoms with Gasteiger partial charge in [-0.25, -0.2) is 9.97 Å². The van der Waals surface area contributed by atoms with Gasteiger partial charge < -0.3 is 15.4 Å². The van der Waals surface area contributed by atoms with E-state index in [-0.39, 0.29) is 17.3 Å². The SMILES string of the molecule is COCCNc1ncnc(Nc2cccc3nc(C)ccc23)c1[N+](=O)[O-]. The minimum Gasteiger partial charge on any atom is -0.383 e. The minimum atomic E-state index is -0.509. The Morgan fingerprint density at radius 1 is 1.19 bits per heavy atom. The van der Waals surface area contributed by atoms with Crippen molar-refractivity contribution >= 4 is 33.9 Å². The number of aromatic nitrogens is 3. The number of hydrogen-bond acceptors (Lipinski definition) is 8. The lowest BCUT2D eigenvalue weighted by molar-refractivity contribution is -0.383. The molecule has 2 heterocycles. The van der Waals surface area contributed by atoms with E-state index < -0.39 is 4.92 Å². The van der Waals surface area contributed by atoms with Gasteiger partial charge in [-0.1, -0.05) is 6.07 Å². The molecule has 0 aliphatic heterocycles. The van der Waals surface area contributed by atoms with Crippen LogP contribution in [0.15, 0.2) is 36.7 Å². The molecule has 0 atom stereocenters. The van der Waals surface area contributed by atoms with Crippen molar-refractivity contribution in [1.29, 1.82) is 0 Å². The van der Waals surface area contributed by atoms with Crippen molar-refractivity contribution in [2.45, 2.75) is 6.92 Å². The molecule has 3 rings (SSSR count). The van der Waals surface area contributed by atoms with Gasteiger partial charge in [0.1, 0.15) is 6.33 Å². The van der Waals surface area contributed by atoms with Crippen LogP contribution in [0.25, 0.3) is 10.9 Å². The predicted octanol–water partition coefficient (Wildman–Crippen LogP) is 3.04. The first-order valence-electron chi connectivity index (χ1n) is 7.95. The van der Waals surface area contributed by atoms with Gasteiger partial charge in [0.2, 0.25) is 11.6 Å². The van der Waals surface area contributed by atoms with Crippen LogP contribution in [0.4, 0.5) is 23.0 Å². The second kappa shape index (κ2) is 7.70. The molecule has 0 saturated heterocycles. The quantitative estimate of drug-likeness (QED) is 0.378. The zero-order valence-electron chi connectivity index (χ0n) is 14.4. The molecule has 0 aliphatic carbocycles. The van der Waals surface area contributed by atoms with Crippen molar-refractivity contribution in [1.82, 2.24) is 15.0 Å². The van der Waals surface area contributed by atoms with Crippen molar-refractivity contribution in [3.05, 3.63) is 52.5 Å². The van der Waals surface area contributed by atoms with E-state index in [2.05, 4.69) is 25.6 Å². The topological polar surface area (TPSA) is 115 Å². The second-order valence-electron chi connectivity index (χ2n) is 5.55. The Hall–Kier alpha value is -3.33. The van der Waals surface area contributed by atoms with Gasteiger partial charge in [-0.15, -0.1) is 0 Å². The van der Waals surface area contributed by atoms with E-state index in [0.717, 1.165) is 16.6 Å². The number of methoxy groups -OCH3 is 1. The average molecular weight is 354 g/mol. The number of nitrogens with zero attached hydrogens (tertiary/aromatic N) is 4. The lowest BCUT2D eigenvalue weighted by Gasteiger charge is -2.11. The molecule has 2 N–H and O–H groups in total. The molecule has 1 aromatic carbocycles. The second-order valence-corrected chi connectivity index (χ2v) is 5.55. The fourth-order valence-electron chi connectivity index (χ4n) is 2.54. The number of benzene rings is 1. The molecule has 0 fully saturated rings. The summed E-state index contributed by atoms with van der Waals surface area (Å²) in [5.74, 6) is 0.247. The number of rotatable bonds is 7. The summed E-state index contributed by atoms with van der Waals surface area (Å²) in [4.78, 5) is 23.6. The standard InChI is InChI=1S/C17H18N6O3/c1-11-6-7-12-13(21-11)4-3-5-14(12)22-17-15(23(24)25)16(19-10-20-17)18-8-9-26-2/h3-7,10H,8-9H2,1-2H3,(H2,18,19,20,22). The molecular formula is C17H18N6O3. The van der Waals surface area contributed by atoms with Crippen molar-refractivity contribution in [2.24, 2.45) is 0 Å². The van der Waals surface area contributed by atoms with E-state index in [4.69, 9.17) is 4.74 Å². The van der Waals surface area contributed by atoms with Crippen LogP contribution < -0.4 is 10.6 Å². The highest BCUT2D eigenvalue weighted by Gasteiger charge is 2.23. The molecule has 2 aromatic heterocycles. The smallest absolute Gasteiger partial charge is 0.353 e. The fourth-order valence-corrected chi connectivity index (χ4v) is 2.54. The summed E-state index contributed by atoms with van der Waals surface area (Å²) >= 11 is 0. The maximum atomic E-state index is 11.6. The number of pyridine rings is 1. The maximum absolute atomic E-state index is 11.6. The molecule has 9 heteroatoms. The molecule has 0 amide bonds. The molecule has 3 aromatic rings. The van der Waals surface area contributed by atoms with Crippen LogP contribution >= 0.6 is 0 Å². The molecule has 0 saturated carbocycles. The first-order valence-corrected chi connectivity index (χ1v) is 7.95. The highest BCUT2D eigenvalue weighted by atomic mass is 16.6. The van der Waals surface area contributed by atoms with Gasteiger partial charge in [-0.2, -0.15) is 0 Å². The number of ether oxygens (including phenoxy) is 1. The predicted molar refractivity (Wildman–Crippen MR) is 98.8 cm³/mol. The molecule has 0 spiro atoms. The highest BCUT2D eigenvalue weighted by Crippen LogP contribution is 2.33. The molecule has 26 heavy (non-hydrogen) atoms. The molecule has 0 aliphatic rings. The highest BCUT2D eigenvalue weighted by molar-refractivity contribution is 5.94. The van der Waals surface area contributed by atoms with E-state index in [0.29, 0.717) is 18.8 Å². The molecule has 0 radical (unpaired) electrons. The molecule has 0 unspecified atom stereocenters. The zero-order valence-corrected chi connectivity index (χ0v) is 14.4. The molecule has 0 bridgehead atoms. The van der Waals surface area contributed by atoms with Crippen LogP contribution in [0.2, 0.25) is 0 Å². The minimum absolute atomic E-state index is 0.109. The number of fused-ring (bicyclic) bond motifs is 1. The molecule has 134 valence electrons. The van der Waals surface area contributed by atoms with Crippen LogP contribution in [0.3, 0.4) is 0 Å². The number of hydrogen-bond donors (Lipinski definition) is 2. The van der Waals surface area contributed by atoms with Crippen molar-refractivity contribution in [2.75, 3.05) is 30.9 Å². The van der Waals surface area contributed by atoms with Crippen LogP contribution in [0, 0.1) is 17.0 Å². The summed E-state index contributed by atoms with van der Waals surface area (Å²) in [5, 5.41) is 18.4. The fraction of sp³-hybridized carbons (Fsp3) is 0.235. The van der Waals surface area contributed by atoms with E-state index in [1.165, 1.54) is 6.33 Å². The summed E-state index contributed by atoms with van der Waals surface area (Å²) < 4.78 is 4.95. The van der Waals surface area contributed by atoms with Gasteiger partial charge in [0, 0.05) is 30.4 Å². The van der Waals surface area contributed by atoms with Crippen LogP contribution in [0.5, 0.6) is 0 Å². The summed E-state index contributed by atoms with van der Waals surface area (Å²) in [6.07, 6.45) is 1.28. The Labute approximate surface area is 149 Å². The number of nitrogens with one attached hydrogen (secondary N) is 2. The third-order valence-corrected chi connectivity index (χ3v) is 3.73. The summed E-state index contributed by atoms with van der Waals surface area (Å²) in [5.41, 5.74) is 2.15. The third kappa shape index (κ3) is 3.67. The van der Waals surface area contributed by atoms with Crippen LogP contribution in [-0.4, -0.2) is 40.1 Å². The van der Waals surface area contributed by atoms with E-state index in [1.807, 2.05) is 37.3 Å². The Kier molecular flexibility index (Phi) is 5.18. The number of nitro groups is 1. The van der Waals surface area contributed by atoms with Crippen molar-refractivity contribution in [3.63, 3.8) is 0 Å². The Bertz CT molecular complexity index is 947. The third-order valence-electron chi connectivity index (χ3n) is 3.73. The molecular weight excluding hydrogens is 336 g/mol. The molecule has 9 nitrogen and oxygen atoms in total. The summed E-state index contributed by atoms with van der Waals surface area (Å²) in [6, 6.07) is 9.36. The van der Waals surface area contributed by atoms with Gasteiger partial charge in [0.05, 0.1) is 17.0 Å². The number of anilines is 3. The van der Waals surface area contributed by atoms with Gasteiger partial charge in [0.15, 0.2) is 0 Å². The van der Waals surface area contributed by atoms with E-state index >= 15 is 0 Å². The summed E-state index contributed by atoms with van der Waals surface area (Å²) in [7, 11) is 1.55. The van der Waals surface area contributed by atoms with Gasteiger partial charge in [-0.3, -0.25) is 15.1 Å². The van der Waals surface area contributed by atoms with Crippen molar-refractivity contribution < 1.29 is 9.66 Å². The normalized spacial score (nSPS) is 10.7. The van der Waals surface area contributed by atoms with Gasteiger partial charge in [0.25, 0.3) is 0 Å². The Morgan fingerprint density at radius 3 is 2.77 bits per heavy atom. The Balaban J connectivity index is 2.00. The number of aryl methyl sites for hydroxylation is 1. The lowest BCUT2D eigenvalue weighted by Crippen LogP contribution is -2.12. The van der Waals surface area contributed by atoms with E-state index in [1.54, 1.807) is 7.11 Å². The van der Waals surface area contributed by atoms with Gasteiger partial charge >= 0.3 is 5.69 Å². The van der Waals surface area contributed by atoms with E-state index in [9.17, 15) is 10.1 Å². The van der Waals surface area contributed by atoms with Crippen LogP contribution in [0.1, 0.15) is 5.69 Å². The monoisotopic (exact) mass is 354 g/mol. The summed E-state index contributed by atoms with van der Waals surface area (Å²) in [6.45, 7) is 2.70. The first-order chi connectivity index (χ1) is 12.6.